The minimum atomic E-state index is -0.732. The molecule has 0 aliphatic heterocycles. The van der Waals surface area contributed by atoms with E-state index in [-0.39, 0.29) is 5.92 Å². The van der Waals surface area contributed by atoms with Crippen LogP contribution in [0.5, 0.6) is 0 Å². The predicted octanol–water partition coefficient (Wildman–Crippen LogP) is 4.65. The zero-order valence-electron chi connectivity index (χ0n) is 9.39. The second-order valence-electron chi connectivity index (χ2n) is 3.92. The van der Waals surface area contributed by atoms with Gasteiger partial charge in [0.25, 0.3) is 0 Å². The van der Waals surface area contributed by atoms with E-state index in [0.29, 0.717) is 5.56 Å². The largest absolute Gasteiger partial charge is 0.204 e. The Morgan fingerprint density at radius 1 is 1.07 bits per heavy atom. The molecule has 0 aliphatic rings. The molecule has 0 saturated heterocycles. The molecule has 0 bridgehead atoms. The molecule has 0 heterocycles. The van der Waals surface area contributed by atoms with Crippen molar-refractivity contribution in [2.75, 3.05) is 0 Å². The van der Waals surface area contributed by atoms with Gasteiger partial charge in [0.2, 0.25) is 0 Å². The maximum Gasteiger partial charge on any atom is 0.162 e. The molecule has 1 rings (SSSR count). The second-order valence-corrected chi connectivity index (χ2v) is 3.92. The Hall–Kier alpha value is -0.920. The van der Waals surface area contributed by atoms with Crippen molar-refractivity contribution >= 4 is 0 Å². The molecule has 0 aliphatic carbocycles. The van der Waals surface area contributed by atoms with Crippen LogP contribution < -0.4 is 0 Å². The summed E-state index contributed by atoms with van der Waals surface area (Å²) in [5, 5.41) is 0. The van der Waals surface area contributed by atoms with Crippen molar-refractivity contribution in [1.82, 2.24) is 0 Å². The van der Waals surface area contributed by atoms with Crippen LogP contribution in [0.4, 0.5) is 8.78 Å². The molecule has 0 radical (unpaired) electrons. The van der Waals surface area contributed by atoms with E-state index in [1.807, 2.05) is 0 Å². The Morgan fingerprint density at radius 3 is 2.20 bits per heavy atom. The molecule has 84 valence electrons. The van der Waals surface area contributed by atoms with Crippen LogP contribution >= 0.6 is 0 Å². The minimum Gasteiger partial charge on any atom is -0.204 e. The molecule has 2 heteroatoms. The third-order valence-electron chi connectivity index (χ3n) is 2.70. The van der Waals surface area contributed by atoms with Gasteiger partial charge in [-0.15, -0.1) is 0 Å². The molecule has 0 nitrogen and oxygen atoms in total. The molecular formula is C13H18F2. The maximum absolute atomic E-state index is 13.5. The van der Waals surface area contributed by atoms with E-state index >= 15 is 0 Å². The molecule has 1 aromatic carbocycles. The van der Waals surface area contributed by atoms with Gasteiger partial charge in [-0.05, 0) is 30.4 Å². The summed E-state index contributed by atoms with van der Waals surface area (Å²) < 4.78 is 26.6. The normalized spacial score (nSPS) is 11.0. The highest BCUT2D eigenvalue weighted by Crippen LogP contribution is 2.29. The lowest BCUT2D eigenvalue weighted by Gasteiger charge is -2.16. The van der Waals surface area contributed by atoms with E-state index in [1.54, 1.807) is 12.1 Å². The van der Waals surface area contributed by atoms with Gasteiger partial charge in [0.05, 0.1) is 0 Å². The minimum absolute atomic E-state index is 0.163. The molecule has 0 atom stereocenters. The number of hydrogen-bond donors (Lipinski definition) is 0. The van der Waals surface area contributed by atoms with E-state index in [2.05, 4.69) is 13.8 Å². The molecule has 0 spiro atoms. The molecule has 0 aromatic heterocycles. The Balaban J connectivity index is 2.94. The molecule has 15 heavy (non-hydrogen) atoms. The zero-order valence-corrected chi connectivity index (χ0v) is 9.39. The molecule has 0 fully saturated rings. The van der Waals surface area contributed by atoms with Crippen LogP contribution in [-0.2, 0) is 0 Å². The van der Waals surface area contributed by atoms with E-state index in [0.717, 1.165) is 25.7 Å². The van der Waals surface area contributed by atoms with Crippen molar-refractivity contribution in [3.8, 4) is 0 Å². The summed E-state index contributed by atoms with van der Waals surface area (Å²) in [5.41, 5.74) is 0.540. The summed E-state index contributed by atoms with van der Waals surface area (Å²) in [6.07, 6.45) is 3.85. The lowest BCUT2D eigenvalue weighted by atomic mass is 9.90. The van der Waals surface area contributed by atoms with Gasteiger partial charge in [-0.3, -0.25) is 0 Å². The first-order valence-corrected chi connectivity index (χ1v) is 5.64. The fourth-order valence-electron chi connectivity index (χ4n) is 1.99. The molecule has 0 unspecified atom stereocenters. The third kappa shape index (κ3) is 3.01. The predicted molar refractivity (Wildman–Crippen MR) is 58.9 cm³/mol. The number of benzene rings is 1. The van der Waals surface area contributed by atoms with E-state index in [4.69, 9.17) is 0 Å². The lowest BCUT2D eigenvalue weighted by molar-refractivity contribution is 0.469. The van der Waals surface area contributed by atoms with Gasteiger partial charge in [-0.25, -0.2) is 8.78 Å². The van der Waals surface area contributed by atoms with Gasteiger partial charge in [0, 0.05) is 0 Å². The number of halogens is 2. The SMILES string of the molecule is CCCC(CCC)c1cccc(F)c1F. The molecule has 0 amide bonds. The van der Waals surface area contributed by atoms with Gasteiger partial charge in [0.15, 0.2) is 11.6 Å². The maximum atomic E-state index is 13.5. The highest BCUT2D eigenvalue weighted by atomic mass is 19.2. The quantitative estimate of drug-likeness (QED) is 0.666. The average molecular weight is 212 g/mol. The van der Waals surface area contributed by atoms with Crippen molar-refractivity contribution in [2.45, 2.75) is 45.4 Å². The van der Waals surface area contributed by atoms with Gasteiger partial charge >= 0.3 is 0 Å². The van der Waals surface area contributed by atoms with Crippen LogP contribution in [0.15, 0.2) is 18.2 Å². The van der Waals surface area contributed by atoms with Crippen molar-refractivity contribution < 1.29 is 8.78 Å². The fourth-order valence-corrected chi connectivity index (χ4v) is 1.99. The van der Waals surface area contributed by atoms with E-state index in [9.17, 15) is 8.78 Å². The Labute approximate surface area is 90.3 Å². The number of rotatable bonds is 5. The van der Waals surface area contributed by atoms with Gasteiger partial charge < -0.3 is 0 Å². The first-order chi connectivity index (χ1) is 7.20. The van der Waals surface area contributed by atoms with E-state index < -0.39 is 11.6 Å². The molecule has 1 aromatic rings. The lowest BCUT2D eigenvalue weighted by Crippen LogP contribution is -2.03. The van der Waals surface area contributed by atoms with E-state index in [1.165, 1.54) is 6.07 Å². The number of hydrogen-bond acceptors (Lipinski definition) is 0. The van der Waals surface area contributed by atoms with Crippen molar-refractivity contribution in [3.05, 3.63) is 35.4 Å². The van der Waals surface area contributed by atoms with Gasteiger partial charge in [-0.2, -0.15) is 0 Å². The second kappa shape index (κ2) is 5.84. The summed E-state index contributed by atoms with van der Waals surface area (Å²) in [7, 11) is 0. The van der Waals surface area contributed by atoms with Crippen molar-refractivity contribution in [3.63, 3.8) is 0 Å². The van der Waals surface area contributed by atoms with Gasteiger partial charge in [0.1, 0.15) is 0 Å². The zero-order chi connectivity index (χ0) is 11.3. The summed E-state index contributed by atoms with van der Waals surface area (Å²) in [5.74, 6) is -1.23. The first kappa shape index (κ1) is 12.2. The monoisotopic (exact) mass is 212 g/mol. The molecule has 0 N–H and O–H groups in total. The smallest absolute Gasteiger partial charge is 0.162 e. The van der Waals surface area contributed by atoms with Gasteiger partial charge in [-0.1, -0.05) is 38.8 Å². The highest BCUT2D eigenvalue weighted by molar-refractivity contribution is 5.22. The third-order valence-corrected chi connectivity index (χ3v) is 2.70. The van der Waals surface area contributed by atoms with Crippen LogP contribution in [-0.4, -0.2) is 0 Å². The molecular weight excluding hydrogens is 194 g/mol. The Bertz CT molecular complexity index is 301. The summed E-state index contributed by atoms with van der Waals surface area (Å²) in [4.78, 5) is 0. The van der Waals surface area contributed by atoms with Crippen LogP contribution in [0.25, 0.3) is 0 Å². The standard InChI is InChI=1S/C13H18F2/c1-3-6-10(7-4-2)11-8-5-9-12(14)13(11)15/h5,8-10H,3-4,6-7H2,1-2H3. The van der Waals surface area contributed by atoms with Crippen LogP contribution in [0, 0.1) is 11.6 Å². The van der Waals surface area contributed by atoms with Crippen molar-refractivity contribution in [1.29, 1.82) is 0 Å². The Kier molecular flexibility index (Phi) is 4.73. The molecule has 0 saturated carbocycles. The van der Waals surface area contributed by atoms with Crippen LogP contribution in [0.2, 0.25) is 0 Å². The van der Waals surface area contributed by atoms with Crippen LogP contribution in [0.1, 0.15) is 51.0 Å². The first-order valence-electron chi connectivity index (χ1n) is 5.64. The topological polar surface area (TPSA) is 0 Å². The Morgan fingerprint density at radius 2 is 1.67 bits per heavy atom. The fraction of sp³-hybridized carbons (Fsp3) is 0.538. The van der Waals surface area contributed by atoms with Crippen LogP contribution in [0.3, 0.4) is 0 Å². The average Bonchev–Trinajstić information content (AvgIpc) is 2.22. The summed E-state index contributed by atoms with van der Waals surface area (Å²) in [6, 6.07) is 4.47. The summed E-state index contributed by atoms with van der Waals surface area (Å²) in [6.45, 7) is 4.14. The summed E-state index contributed by atoms with van der Waals surface area (Å²) >= 11 is 0. The van der Waals surface area contributed by atoms with Crippen molar-refractivity contribution in [2.24, 2.45) is 0 Å². The highest BCUT2D eigenvalue weighted by Gasteiger charge is 2.16.